The molecule has 0 spiro atoms. The van der Waals surface area contributed by atoms with Gasteiger partial charge in [0, 0.05) is 0 Å². The van der Waals surface area contributed by atoms with Gasteiger partial charge in [-0.1, -0.05) is 18.7 Å². The lowest BCUT2D eigenvalue weighted by molar-refractivity contribution is 0.563. The molecular formula is C10H7NO2. The van der Waals surface area contributed by atoms with E-state index in [-0.39, 0.29) is 11.4 Å². The lowest BCUT2D eigenvalue weighted by atomic mass is 10.2. The number of aromatic nitrogens is 1. The van der Waals surface area contributed by atoms with E-state index in [1.165, 1.54) is 6.08 Å². The molecule has 2 aromatic rings. The number of benzene rings is 1. The van der Waals surface area contributed by atoms with Gasteiger partial charge in [0.15, 0.2) is 0 Å². The normalized spacial score (nSPS) is 10.2. The molecule has 1 aromatic carbocycles. The van der Waals surface area contributed by atoms with Gasteiger partial charge in [0.1, 0.15) is 5.58 Å². The second kappa shape index (κ2) is 2.86. The maximum atomic E-state index is 11.3. The molecular weight excluding hydrogens is 166 g/mol. The predicted octanol–water partition coefficient (Wildman–Crippen LogP) is 1.83. The average Bonchev–Trinajstić information content (AvgIpc) is 2.18. The monoisotopic (exact) mass is 173 g/mol. The highest BCUT2D eigenvalue weighted by molar-refractivity contribution is 5.75. The van der Waals surface area contributed by atoms with E-state index < -0.39 is 0 Å². The Kier molecular flexibility index (Phi) is 1.70. The molecule has 0 aliphatic heterocycles. The Labute approximate surface area is 74.3 Å². The summed E-state index contributed by atoms with van der Waals surface area (Å²) >= 11 is 0. The fourth-order valence-corrected chi connectivity index (χ4v) is 1.12. The molecule has 2 rings (SSSR count). The van der Waals surface area contributed by atoms with Crippen LogP contribution < -0.4 is 5.56 Å². The van der Waals surface area contributed by atoms with Gasteiger partial charge in [-0.05, 0) is 18.2 Å². The van der Waals surface area contributed by atoms with Gasteiger partial charge in [0.25, 0.3) is 5.56 Å². The third kappa shape index (κ3) is 1.24. The predicted molar refractivity (Wildman–Crippen MR) is 50.4 cm³/mol. The van der Waals surface area contributed by atoms with Gasteiger partial charge >= 0.3 is 0 Å². The Morgan fingerprint density at radius 3 is 2.92 bits per heavy atom. The van der Waals surface area contributed by atoms with Crippen molar-refractivity contribution in [2.24, 2.45) is 0 Å². The number of rotatable bonds is 1. The summed E-state index contributed by atoms with van der Waals surface area (Å²) in [7, 11) is 0. The molecule has 0 N–H and O–H groups in total. The van der Waals surface area contributed by atoms with E-state index in [9.17, 15) is 4.79 Å². The van der Waals surface area contributed by atoms with Crippen molar-refractivity contribution in [3.63, 3.8) is 0 Å². The highest BCUT2D eigenvalue weighted by Gasteiger charge is 2.01. The van der Waals surface area contributed by atoms with Gasteiger partial charge < -0.3 is 4.42 Å². The highest BCUT2D eigenvalue weighted by Crippen LogP contribution is 2.09. The minimum atomic E-state index is -0.281. The fourth-order valence-electron chi connectivity index (χ4n) is 1.12. The van der Waals surface area contributed by atoms with Crippen molar-refractivity contribution in [3.05, 3.63) is 47.1 Å². The van der Waals surface area contributed by atoms with Crippen LogP contribution in [0.25, 0.3) is 17.0 Å². The molecule has 0 fully saturated rings. The molecule has 0 radical (unpaired) electrons. The van der Waals surface area contributed by atoms with Crippen LogP contribution in [0.1, 0.15) is 5.89 Å². The van der Waals surface area contributed by atoms with Crippen LogP contribution in [0.15, 0.2) is 40.1 Å². The summed E-state index contributed by atoms with van der Waals surface area (Å²) in [6.45, 7) is 3.48. The zero-order valence-electron chi connectivity index (χ0n) is 6.86. The van der Waals surface area contributed by atoms with Crippen molar-refractivity contribution < 1.29 is 4.42 Å². The number of fused-ring (bicyclic) bond motifs is 1. The van der Waals surface area contributed by atoms with Crippen LogP contribution in [-0.4, -0.2) is 4.98 Å². The van der Waals surface area contributed by atoms with Crippen molar-refractivity contribution in [3.8, 4) is 0 Å². The molecule has 0 bridgehead atoms. The largest absolute Gasteiger partial charge is 0.438 e. The smallest absolute Gasteiger partial charge is 0.284 e. The molecule has 13 heavy (non-hydrogen) atoms. The summed E-state index contributed by atoms with van der Waals surface area (Å²) in [4.78, 5) is 15.0. The Balaban J connectivity index is 2.92. The Morgan fingerprint density at radius 2 is 2.15 bits per heavy atom. The molecule has 0 atom stereocenters. The van der Waals surface area contributed by atoms with E-state index in [4.69, 9.17) is 4.42 Å². The van der Waals surface area contributed by atoms with Gasteiger partial charge in [-0.25, -0.2) is 0 Å². The summed E-state index contributed by atoms with van der Waals surface area (Å²) in [6, 6.07) is 6.99. The molecule has 0 saturated heterocycles. The molecule has 3 nitrogen and oxygen atoms in total. The van der Waals surface area contributed by atoms with Crippen LogP contribution >= 0.6 is 0 Å². The molecule has 0 aliphatic rings. The zero-order chi connectivity index (χ0) is 9.26. The van der Waals surface area contributed by atoms with Crippen LogP contribution in [0.5, 0.6) is 0 Å². The van der Waals surface area contributed by atoms with Gasteiger partial charge in [-0.15, -0.1) is 0 Å². The second-order valence-corrected chi connectivity index (χ2v) is 2.56. The number of nitrogens with zero attached hydrogens (tertiary/aromatic N) is 1. The van der Waals surface area contributed by atoms with Crippen molar-refractivity contribution in [1.82, 2.24) is 4.98 Å². The lowest BCUT2D eigenvalue weighted by Crippen LogP contribution is -2.06. The van der Waals surface area contributed by atoms with E-state index in [0.29, 0.717) is 11.0 Å². The lowest BCUT2D eigenvalue weighted by Gasteiger charge is -1.95. The molecule has 64 valence electrons. The van der Waals surface area contributed by atoms with Crippen molar-refractivity contribution in [1.29, 1.82) is 0 Å². The third-order valence-electron chi connectivity index (χ3n) is 1.72. The first-order chi connectivity index (χ1) is 6.31. The van der Waals surface area contributed by atoms with Crippen LogP contribution in [0.4, 0.5) is 0 Å². The highest BCUT2D eigenvalue weighted by atomic mass is 16.3. The standard InChI is InChI=1S/C10H7NO2/c1-2-9-11-10(12)7-5-3-4-6-8(7)13-9/h2-6H,1H2. The maximum Gasteiger partial charge on any atom is 0.284 e. The van der Waals surface area contributed by atoms with Crippen LogP contribution in [0.3, 0.4) is 0 Å². The third-order valence-corrected chi connectivity index (χ3v) is 1.72. The average molecular weight is 173 g/mol. The van der Waals surface area contributed by atoms with E-state index in [0.717, 1.165) is 0 Å². The molecule has 0 amide bonds. The Bertz CT molecular complexity index is 514. The summed E-state index contributed by atoms with van der Waals surface area (Å²) < 4.78 is 5.26. The molecule has 1 aromatic heterocycles. The molecule has 3 heteroatoms. The summed E-state index contributed by atoms with van der Waals surface area (Å²) in [5.74, 6) is 0.253. The second-order valence-electron chi connectivity index (χ2n) is 2.56. The summed E-state index contributed by atoms with van der Waals surface area (Å²) in [5, 5.41) is 0.494. The molecule has 0 unspecified atom stereocenters. The topological polar surface area (TPSA) is 43.1 Å². The fraction of sp³-hybridized carbons (Fsp3) is 0. The number of hydrogen-bond donors (Lipinski definition) is 0. The van der Waals surface area contributed by atoms with E-state index in [1.54, 1.807) is 24.3 Å². The van der Waals surface area contributed by atoms with Gasteiger partial charge in [0.05, 0.1) is 5.39 Å². The first-order valence-electron chi connectivity index (χ1n) is 3.83. The minimum absolute atomic E-state index is 0.253. The van der Waals surface area contributed by atoms with Crippen molar-refractivity contribution in [2.75, 3.05) is 0 Å². The molecule has 1 heterocycles. The van der Waals surface area contributed by atoms with Crippen LogP contribution in [0, 0.1) is 0 Å². The Morgan fingerprint density at radius 1 is 1.38 bits per heavy atom. The minimum Gasteiger partial charge on any atom is -0.438 e. The maximum absolute atomic E-state index is 11.3. The van der Waals surface area contributed by atoms with Gasteiger partial charge in [0.2, 0.25) is 5.89 Å². The quantitative estimate of drug-likeness (QED) is 0.660. The van der Waals surface area contributed by atoms with Crippen molar-refractivity contribution in [2.45, 2.75) is 0 Å². The summed E-state index contributed by atoms with van der Waals surface area (Å²) in [5.41, 5.74) is 0.258. The summed E-state index contributed by atoms with van der Waals surface area (Å²) in [6.07, 6.45) is 1.41. The SMILES string of the molecule is C=Cc1nc(=O)c2ccccc2o1. The van der Waals surface area contributed by atoms with Gasteiger partial charge in [-0.2, -0.15) is 4.98 Å². The molecule has 0 aliphatic carbocycles. The first-order valence-corrected chi connectivity index (χ1v) is 3.83. The zero-order valence-corrected chi connectivity index (χ0v) is 6.86. The van der Waals surface area contributed by atoms with E-state index >= 15 is 0 Å². The van der Waals surface area contributed by atoms with E-state index in [2.05, 4.69) is 11.6 Å². The molecule has 0 saturated carbocycles. The van der Waals surface area contributed by atoms with Crippen molar-refractivity contribution >= 4 is 17.0 Å². The number of hydrogen-bond acceptors (Lipinski definition) is 3. The van der Waals surface area contributed by atoms with Crippen LogP contribution in [-0.2, 0) is 0 Å². The first kappa shape index (κ1) is 7.73. The van der Waals surface area contributed by atoms with Gasteiger partial charge in [-0.3, -0.25) is 4.79 Å². The van der Waals surface area contributed by atoms with E-state index in [1.807, 2.05) is 0 Å². The Hall–Kier alpha value is -1.90. The van der Waals surface area contributed by atoms with Crippen LogP contribution in [0.2, 0.25) is 0 Å². The number of para-hydroxylation sites is 1.